The van der Waals surface area contributed by atoms with Crippen LogP contribution in [-0.4, -0.2) is 29.1 Å². The highest BCUT2D eigenvalue weighted by Gasteiger charge is 2.24. The van der Waals surface area contributed by atoms with Gasteiger partial charge in [0.15, 0.2) is 0 Å². The number of phenols is 1. The molecule has 1 aromatic carbocycles. The Morgan fingerprint density at radius 3 is 2.53 bits per heavy atom. The summed E-state index contributed by atoms with van der Waals surface area (Å²) in [6, 6.07) is 6.57. The predicted octanol–water partition coefficient (Wildman–Crippen LogP) is 3.95. The van der Waals surface area contributed by atoms with Crippen LogP contribution in [-0.2, 0) is 12.8 Å². The average Bonchev–Trinajstić information content (AvgIpc) is 2.39. The van der Waals surface area contributed by atoms with Crippen LogP contribution in [0.2, 0.25) is 0 Å². The molecule has 0 aliphatic heterocycles. The fraction of sp³-hybridized carbons (Fsp3) is 0.625. The van der Waals surface area contributed by atoms with Gasteiger partial charge in [0.1, 0.15) is 5.75 Å². The van der Waals surface area contributed by atoms with E-state index in [1.165, 1.54) is 43.5 Å². The monoisotopic (exact) mass is 327 g/mol. The summed E-state index contributed by atoms with van der Waals surface area (Å²) in [7, 11) is 0. The smallest absolute Gasteiger partial charge is 0.119 e. The number of hydrogen-bond donors (Lipinski definition) is 1. The van der Waals surface area contributed by atoms with Gasteiger partial charge in [-0.3, -0.25) is 0 Å². The van der Waals surface area contributed by atoms with Gasteiger partial charge in [-0.15, -0.1) is 17.0 Å². The van der Waals surface area contributed by atoms with Gasteiger partial charge in [-0.25, -0.2) is 0 Å². The molecule has 2 rings (SSSR count). The number of hydrogen-bond acceptors (Lipinski definition) is 2. The maximum Gasteiger partial charge on any atom is 0.119 e. The van der Waals surface area contributed by atoms with Crippen molar-refractivity contribution in [1.82, 2.24) is 4.90 Å². The second-order valence-electron chi connectivity index (χ2n) is 5.35. The number of rotatable bonds is 5. The standard InChI is InChI=1S/C16H25NO.BrH/c1-3-10-17(11-4-2)14-9-8-13-6-5-7-16(18)15(13)12-14;/h5-7,14,18H,3-4,8-12H2,1-2H3;1H/t14-;/m1./s1. The number of fused-ring (bicyclic) bond motifs is 1. The van der Waals surface area contributed by atoms with Crippen molar-refractivity contribution in [3.05, 3.63) is 29.3 Å². The van der Waals surface area contributed by atoms with Crippen LogP contribution in [0.5, 0.6) is 5.75 Å². The first-order chi connectivity index (χ1) is 8.76. The summed E-state index contributed by atoms with van der Waals surface area (Å²) in [5, 5.41) is 10.00. The summed E-state index contributed by atoms with van der Waals surface area (Å²) in [5.41, 5.74) is 2.53. The lowest BCUT2D eigenvalue weighted by Gasteiger charge is -2.35. The molecule has 1 N–H and O–H groups in total. The van der Waals surface area contributed by atoms with Crippen molar-refractivity contribution in [2.75, 3.05) is 13.1 Å². The summed E-state index contributed by atoms with van der Waals surface area (Å²) < 4.78 is 0. The molecule has 3 heteroatoms. The molecule has 1 aliphatic rings. The summed E-state index contributed by atoms with van der Waals surface area (Å²) >= 11 is 0. The van der Waals surface area contributed by atoms with Gasteiger partial charge >= 0.3 is 0 Å². The highest BCUT2D eigenvalue weighted by molar-refractivity contribution is 8.93. The first kappa shape index (κ1) is 16.5. The largest absolute Gasteiger partial charge is 0.508 e. The molecule has 0 saturated carbocycles. The Labute approximate surface area is 127 Å². The molecule has 108 valence electrons. The van der Waals surface area contributed by atoms with E-state index in [1.807, 2.05) is 12.1 Å². The molecule has 0 fully saturated rings. The lowest BCUT2D eigenvalue weighted by Crippen LogP contribution is -2.40. The summed E-state index contributed by atoms with van der Waals surface area (Å²) in [6.07, 6.45) is 5.78. The van der Waals surface area contributed by atoms with E-state index in [9.17, 15) is 5.11 Å². The number of aromatic hydroxyl groups is 1. The van der Waals surface area contributed by atoms with E-state index in [0.717, 1.165) is 12.8 Å². The van der Waals surface area contributed by atoms with Crippen molar-refractivity contribution in [3.63, 3.8) is 0 Å². The summed E-state index contributed by atoms with van der Waals surface area (Å²) in [6.45, 7) is 6.86. The molecule has 1 atom stereocenters. The molecule has 0 heterocycles. The molecule has 1 aromatic rings. The molecule has 0 amide bonds. The van der Waals surface area contributed by atoms with E-state index < -0.39 is 0 Å². The molecule has 0 bridgehead atoms. The third kappa shape index (κ3) is 3.96. The Kier molecular flexibility index (Phi) is 6.87. The lowest BCUT2D eigenvalue weighted by atomic mass is 9.86. The second-order valence-corrected chi connectivity index (χ2v) is 5.35. The highest BCUT2D eigenvalue weighted by Crippen LogP contribution is 2.30. The van der Waals surface area contributed by atoms with Crippen molar-refractivity contribution in [2.45, 2.75) is 52.0 Å². The van der Waals surface area contributed by atoms with E-state index in [0.29, 0.717) is 11.8 Å². The topological polar surface area (TPSA) is 23.5 Å². The average molecular weight is 328 g/mol. The van der Waals surface area contributed by atoms with Crippen molar-refractivity contribution in [1.29, 1.82) is 0 Å². The third-order valence-electron chi connectivity index (χ3n) is 3.97. The van der Waals surface area contributed by atoms with Crippen LogP contribution in [0.25, 0.3) is 0 Å². The van der Waals surface area contributed by atoms with E-state index in [1.54, 1.807) is 0 Å². The SMILES string of the molecule is Br.CCCN(CCC)[C@@H]1CCc2cccc(O)c2C1. The maximum atomic E-state index is 10.00. The Bertz CT molecular complexity index is 388. The number of phenolic OH excluding ortho intramolecular Hbond substituents is 1. The first-order valence-corrected chi connectivity index (χ1v) is 7.30. The van der Waals surface area contributed by atoms with Crippen LogP contribution >= 0.6 is 17.0 Å². The highest BCUT2D eigenvalue weighted by atomic mass is 79.9. The number of aryl methyl sites for hydroxylation is 1. The van der Waals surface area contributed by atoms with Gasteiger partial charge in [-0.2, -0.15) is 0 Å². The Morgan fingerprint density at radius 1 is 1.21 bits per heavy atom. The second kappa shape index (κ2) is 7.91. The van der Waals surface area contributed by atoms with Gasteiger partial charge in [-0.05, 0) is 62.4 Å². The predicted molar refractivity (Wildman–Crippen MR) is 86.4 cm³/mol. The van der Waals surface area contributed by atoms with Gasteiger partial charge in [-0.1, -0.05) is 26.0 Å². The van der Waals surface area contributed by atoms with Crippen LogP contribution in [0.4, 0.5) is 0 Å². The number of benzene rings is 1. The number of nitrogens with zero attached hydrogens (tertiary/aromatic N) is 1. The van der Waals surface area contributed by atoms with Gasteiger partial charge in [0.2, 0.25) is 0 Å². The van der Waals surface area contributed by atoms with Crippen LogP contribution in [0.3, 0.4) is 0 Å². The van der Waals surface area contributed by atoms with Crippen LogP contribution < -0.4 is 0 Å². The van der Waals surface area contributed by atoms with E-state index in [4.69, 9.17) is 0 Å². The molecule has 0 unspecified atom stereocenters. The van der Waals surface area contributed by atoms with Gasteiger partial charge in [0.25, 0.3) is 0 Å². The first-order valence-electron chi connectivity index (χ1n) is 7.30. The van der Waals surface area contributed by atoms with Crippen molar-refractivity contribution in [3.8, 4) is 5.75 Å². The molecule has 19 heavy (non-hydrogen) atoms. The maximum absolute atomic E-state index is 10.00. The zero-order chi connectivity index (χ0) is 13.0. The lowest BCUT2D eigenvalue weighted by molar-refractivity contribution is 0.179. The molecule has 1 aliphatic carbocycles. The van der Waals surface area contributed by atoms with Gasteiger partial charge in [0.05, 0.1) is 0 Å². The fourth-order valence-electron chi connectivity index (χ4n) is 3.11. The minimum atomic E-state index is 0. The molecule has 0 saturated heterocycles. The Balaban J connectivity index is 0.00000180. The summed E-state index contributed by atoms with van der Waals surface area (Å²) in [4.78, 5) is 2.61. The zero-order valence-electron chi connectivity index (χ0n) is 12.1. The van der Waals surface area contributed by atoms with Crippen LogP contribution in [0, 0.1) is 0 Å². The van der Waals surface area contributed by atoms with Crippen molar-refractivity contribution < 1.29 is 5.11 Å². The van der Waals surface area contributed by atoms with E-state index in [2.05, 4.69) is 24.8 Å². The quantitative estimate of drug-likeness (QED) is 0.885. The molecule has 0 spiro atoms. The zero-order valence-corrected chi connectivity index (χ0v) is 13.8. The van der Waals surface area contributed by atoms with Crippen LogP contribution in [0.1, 0.15) is 44.2 Å². The van der Waals surface area contributed by atoms with Crippen molar-refractivity contribution in [2.24, 2.45) is 0 Å². The molecular weight excluding hydrogens is 302 g/mol. The van der Waals surface area contributed by atoms with Gasteiger partial charge < -0.3 is 10.0 Å². The summed E-state index contributed by atoms with van der Waals surface area (Å²) in [5.74, 6) is 0.491. The fourth-order valence-corrected chi connectivity index (χ4v) is 3.11. The molecule has 0 aromatic heterocycles. The minimum absolute atomic E-state index is 0. The van der Waals surface area contributed by atoms with Gasteiger partial charge in [0, 0.05) is 6.04 Å². The van der Waals surface area contributed by atoms with Crippen molar-refractivity contribution >= 4 is 17.0 Å². The van der Waals surface area contributed by atoms with E-state index >= 15 is 0 Å². The Hall–Kier alpha value is -0.540. The third-order valence-corrected chi connectivity index (χ3v) is 3.97. The van der Waals surface area contributed by atoms with E-state index in [-0.39, 0.29) is 17.0 Å². The minimum Gasteiger partial charge on any atom is -0.508 e. The normalized spacial score (nSPS) is 17.9. The number of halogens is 1. The molecular formula is C16H26BrNO. The Morgan fingerprint density at radius 2 is 1.89 bits per heavy atom. The molecule has 0 radical (unpaired) electrons. The molecule has 2 nitrogen and oxygen atoms in total. The van der Waals surface area contributed by atoms with Crippen LogP contribution in [0.15, 0.2) is 18.2 Å².